The molecule has 4 aromatic carbocycles. The van der Waals surface area contributed by atoms with Gasteiger partial charge in [0, 0.05) is 43.5 Å². The van der Waals surface area contributed by atoms with Crippen molar-refractivity contribution < 1.29 is 23.8 Å². The molecule has 0 saturated heterocycles. The van der Waals surface area contributed by atoms with Crippen LogP contribution in [0, 0.1) is 13.8 Å². The zero-order valence-corrected chi connectivity index (χ0v) is 25.2. The van der Waals surface area contributed by atoms with Crippen LogP contribution < -0.4 is 24.4 Å². The lowest BCUT2D eigenvalue weighted by atomic mass is 10.0. The van der Waals surface area contributed by atoms with E-state index in [9.17, 15) is 9.59 Å². The molecule has 2 heterocycles. The Morgan fingerprint density at radius 3 is 2.25 bits per heavy atom. The Morgan fingerprint density at radius 1 is 0.864 bits per heavy atom. The molecule has 9 heteroatoms. The number of hydrogen-bond acceptors (Lipinski definition) is 7. The molecular weight excluding hydrogens is 556 g/mol. The van der Waals surface area contributed by atoms with Crippen molar-refractivity contribution in [3.05, 3.63) is 102 Å². The second-order valence-electron chi connectivity index (χ2n) is 10.9. The van der Waals surface area contributed by atoms with Crippen molar-refractivity contribution in [1.29, 1.82) is 0 Å². The van der Waals surface area contributed by atoms with E-state index in [1.165, 1.54) is 6.92 Å². The highest BCUT2D eigenvalue weighted by atomic mass is 16.7. The van der Waals surface area contributed by atoms with Crippen molar-refractivity contribution in [2.75, 3.05) is 31.1 Å². The van der Waals surface area contributed by atoms with Gasteiger partial charge in [-0.15, -0.1) is 0 Å². The molecule has 0 radical (unpaired) electrons. The molecule has 5 aromatic rings. The highest BCUT2D eigenvalue weighted by Gasteiger charge is 2.25. The van der Waals surface area contributed by atoms with Gasteiger partial charge < -0.3 is 24.4 Å². The van der Waals surface area contributed by atoms with Gasteiger partial charge in [0.1, 0.15) is 5.69 Å². The number of hydrogen-bond donors (Lipinski definition) is 1. The summed E-state index contributed by atoms with van der Waals surface area (Å²) < 4.78 is 18.3. The molecule has 1 amide bonds. The molecule has 0 atom stereocenters. The van der Waals surface area contributed by atoms with Gasteiger partial charge in [0.05, 0.1) is 11.3 Å². The monoisotopic (exact) mass is 588 g/mol. The quantitative estimate of drug-likeness (QED) is 0.209. The molecule has 9 nitrogen and oxygen atoms in total. The zero-order chi connectivity index (χ0) is 31.0. The maximum absolute atomic E-state index is 13.0. The van der Waals surface area contributed by atoms with Crippen LogP contribution in [0.4, 0.5) is 11.4 Å². The lowest BCUT2D eigenvalue weighted by Gasteiger charge is -2.13. The Balaban J connectivity index is 1.42. The fourth-order valence-electron chi connectivity index (χ4n) is 5.18. The number of esters is 1. The summed E-state index contributed by atoms with van der Waals surface area (Å²) >= 11 is 0. The summed E-state index contributed by atoms with van der Waals surface area (Å²) in [6.45, 7) is 5.55. The standard InChI is InChI=1S/C35H32N4O5/c1-21-6-16-29(22(2)18-21)39-35(44-23(3)40)32(33(37-39)25-9-14-28(15-10-25)38(4)5)24-7-12-27(13-8-24)36-34(41)26-11-17-30-31(19-26)43-20-42-30/h6-19H,20H2,1-5H3,(H,36,41). The van der Waals surface area contributed by atoms with E-state index in [-0.39, 0.29) is 12.7 Å². The molecule has 1 aromatic heterocycles. The van der Waals surface area contributed by atoms with Gasteiger partial charge in [-0.3, -0.25) is 9.59 Å². The van der Waals surface area contributed by atoms with Crippen LogP contribution in [0.3, 0.4) is 0 Å². The van der Waals surface area contributed by atoms with E-state index in [1.54, 1.807) is 22.9 Å². The van der Waals surface area contributed by atoms with Crippen molar-refractivity contribution in [2.45, 2.75) is 20.8 Å². The number of amides is 1. The topological polar surface area (TPSA) is 94.9 Å². The molecule has 0 unspecified atom stereocenters. The first-order valence-electron chi connectivity index (χ1n) is 14.2. The first kappa shape index (κ1) is 28.5. The van der Waals surface area contributed by atoms with Crippen LogP contribution >= 0.6 is 0 Å². The average molecular weight is 589 g/mol. The molecule has 1 aliphatic heterocycles. The minimum atomic E-state index is -0.459. The summed E-state index contributed by atoms with van der Waals surface area (Å²) in [5.41, 5.74) is 7.96. The second-order valence-corrected chi connectivity index (χ2v) is 10.9. The van der Waals surface area contributed by atoms with Crippen molar-refractivity contribution in [3.8, 4) is 45.5 Å². The molecule has 0 fully saturated rings. The summed E-state index contributed by atoms with van der Waals surface area (Å²) in [4.78, 5) is 27.5. The van der Waals surface area contributed by atoms with Crippen LogP contribution in [0.5, 0.6) is 17.4 Å². The molecule has 0 saturated carbocycles. The van der Waals surface area contributed by atoms with Gasteiger partial charge in [-0.05, 0) is 73.5 Å². The summed E-state index contributed by atoms with van der Waals surface area (Å²) in [6, 6.07) is 26.6. The van der Waals surface area contributed by atoms with Gasteiger partial charge in [0.15, 0.2) is 11.5 Å². The largest absolute Gasteiger partial charge is 0.454 e. The van der Waals surface area contributed by atoms with E-state index < -0.39 is 5.97 Å². The highest BCUT2D eigenvalue weighted by molar-refractivity contribution is 6.05. The number of fused-ring (bicyclic) bond motifs is 1. The van der Waals surface area contributed by atoms with Gasteiger partial charge >= 0.3 is 5.97 Å². The molecule has 1 N–H and O–H groups in total. The number of benzene rings is 4. The zero-order valence-electron chi connectivity index (χ0n) is 25.2. The van der Waals surface area contributed by atoms with E-state index in [0.29, 0.717) is 39.9 Å². The molecule has 0 spiro atoms. The predicted molar refractivity (Wildman–Crippen MR) is 170 cm³/mol. The van der Waals surface area contributed by atoms with E-state index in [2.05, 4.69) is 11.4 Å². The minimum absolute atomic E-state index is 0.138. The Bertz CT molecular complexity index is 1880. The van der Waals surface area contributed by atoms with Crippen LogP contribution in [0.2, 0.25) is 0 Å². The van der Waals surface area contributed by atoms with E-state index in [4.69, 9.17) is 19.3 Å². The number of carbonyl (C=O) groups is 2. The first-order valence-corrected chi connectivity index (χ1v) is 14.2. The second kappa shape index (κ2) is 11.6. The van der Waals surface area contributed by atoms with Crippen LogP contribution in [0.15, 0.2) is 84.9 Å². The van der Waals surface area contributed by atoms with Gasteiger partial charge in [-0.1, -0.05) is 42.0 Å². The van der Waals surface area contributed by atoms with Crippen LogP contribution in [0.1, 0.15) is 28.4 Å². The lowest BCUT2D eigenvalue weighted by Crippen LogP contribution is -2.11. The lowest BCUT2D eigenvalue weighted by molar-refractivity contribution is -0.132. The van der Waals surface area contributed by atoms with Gasteiger partial charge in [-0.2, -0.15) is 9.78 Å². The molecule has 6 rings (SSSR count). The van der Waals surface area contributed by atoms with Crippen molar-refractivity contribution >= 4 is 23.3 Å². The Kier molecular flexibility index (Phi) is 7.53. The average Bonchev–Trinajstić information content (AvgIpc) is 3.62. The number of anilines is 2. The van der Waals surface area contributed by atoms with Crippen molar-refractivity contribution in [3.63, 3.8) is 0 Å². The SMILES string of the molecule is CC(=O)Oc1c(-c2ccc(NC(=O)c3ccc4c(c3)OCO4)cc2)c(-c2ccc(N(C)C)cc2)nn1-c1ccc(C)cc1C. The van der Waals surface area contributed by atoms with Gasteiger partial charge in [-0.25, -0.2) is 0 Å². The van der Waals surface area contributed by atoms with E-state index >= 15 is 0 Å². The highest BCUT2D eigenvalue weighted by Crippen LogP contribution is 2.42. The van der Waals surface area contributed by atoms with Crippen molar-refractivity contribution in [1.82, 2.24) is 9.78 Å². The molecule has 44 heavy (non-hydrogen) atoms. The number of aromatic nitrogens is 2. The molecular formula is C35H32N4O5. The van der Waals surface area contributed by atoms with Crippen molar-refractivity contribution in [2.24, 2.45) is 0 Å². The summed E-state index contributed by atoms with van der Waals surface area (Å²) in [6.07, 6.45) is 0. The third-order valence-corrected chi connectivity index (χ3v) is 7.39. The van der Waals surface area contributed by atoms with Crippen LogP contribution in [-0.4, -0.2) is 42.5 Å². The molecule has 0 aliphatic carbocycles. The fourth-order valence-corrected chi connectivity index (χ4v) is 5.18. The predicted octanol–water partition coefficient (Wildman–Crippen LogP) is 6.80. The van der Waals surface area contributed by atoms with Crippen LogP contribution in [0.25, 0.3) is 28.1 Å². The number of carbonyl (C=O) groups excluding carboxylic acids is 2. The Labute approximate surface area is 255 Å². The number of nitrogens with zero attached hydrogens (tertiary/aromatic N) is 3. The Morgan fingerprint density at radius 2 is 1.57 bits per heavy atom. The molecule has 0 bridgehead atoms. The van der Waals surface area contributed by atoms with Gasteiger partial charge in [0.2, 0.25) is 12.7 Å². The Hall–Kier alpha value is -5.57. The summed E-state index contributed by atoms with van der Waals surface area (Å²) in [7, 11) is 3.97. The number of aryl methyl sites for hydroxylation is 2. The number of nitrogens with one attached hydrogen (secondary N) is 1. The van der Waals surface area contributed by atoms with E-state index in [1.807, 2.05) is 93.5 Å². The van der Waals surface area contributed by atoms with Gasteiger partial charge in [0.25, 0.3) is 5.91 Å². The fraction of sp³-hybridized carbons (Fsp3) is 0.171. The maximum atomic E-state index is 13.0. The normalized spacial score (nSPS) is 11.8. The smallest absolute Gasteiger partial charge is 0.309 e. The van der Waals surface area contributed by atoms with E-state index in [0.717, 1.165) is 33.6 Å². The summed E-state index contributed by atoms with van der Waals surface area (Å²) in [5.74, 6) is 0.731. The minimum Gasteiger partial charge on any atom is -0.454 e. The number of rotatable bonds is 7. The number of ether oxygens (including phenoxy) is 3. The maximum Gasteiger partial charge on any atom is 0.309 e. The van der Waals surface area contributed by atoms with Crippen LogP contribution in [-0.2, 0) is 4.79 Å². The third-order valence-electron chi connectivity index (χ3n) is 7.39. The molecule has 222 valence electrons. The molecule has 1 aliphatic rings. The summed E-state index contributed by atoms with van der Waals surface area (Å²) in [5, 5.41) is 7.95. The third kappa shape index (κ3) is 5.59. The first-order chi connectivity index (χ1) is 21.2.